The Kier molecular flexibility index (Phi) is 3.06. The van der Waals surface area contributed by atoms with E-state index in [1.807, 2.05) is 0 Å². The number of rotatable bonds is 2. The molecule has 0 spiro atoms. The van der Waals surface area contributed by atoms with Crippen LogP contribution < -0.4 is 4.74 Å². The lowest BCUT2D eigenvalue weighted by molar-refractivity contribution is 0.252. The van der Waals surface area contributed by atoms with Crippen LogP contribution in [0.2, 0.25) is 0 Å². The molecule has 3 rings (SSSR count). The van der Waals surface area contributed by atoms with Gasteiger partial charge in [-0.1, -0.05) is 12.1 Å². The van der Waals surface area contributed by atoms with Gasteiger partial charge in [0.2, 0.25) is 0 Å². The van der Waals surface area contributed by atoms with Crippen molar-refractivity contribution in [1.82, 2.24) is 4.90 Å². The molecule has 98 valence electrons. The van der Waals surface area contributed by atoms with Crippen LogP contribution in [-0.4, -0.2) is 31.6 Å². The quantitative estimate of drug-likeness (QED) is 0.793. The van der Waals surface area contributed by atoms with E-state index in [1.165, 1.54) is 44.2 Å². The highest BCUT2D eigenvalue weighted by Gasteiger charge is 2.43. The van der Waals surface area contributed by atoms with Crippen LogP contribution in [0.3, 0.4) is 0 Å². The molecule has 0 unspecified atom stereocenters. The SMILES string of the molecule is COc1cccc([C@@]23CCCN(C)[C@@H](CC2)C3)c1. The highest BCUT2D eigenvalue weighted by Crippen LogP contribution is 2.48. The molecule has 1 heterocycles. The summed E-state index contributed by atoms with van der Waals surface area (Å²) in [7, 11) is 4.05. The van der Waals surface area contributed by atoms with Gasteiger partial charge in [0.05, 0.1) is 7.11 Å². The first kappa shape index (κ1) is 12.0. The molecule has 2 nitrogen and oxygen atoms in total. The third-order valence-corrected chi connectivity index (χ3v) is 5.05. The molecule has 1 aliphatic carbocycles. The second-order valence-electron chi connectivity index (χ2n) is 5.99. The van der Waals surface area contributed by atoms with Gasteiger partial charge in [0.1, 0.15) is 5.75 Å². The molecule has 1 aromatic rings. The lowest BCUT2D eigenvalue weighted by Gasteiger charge is -2.29. The van der Waals surface area contributed by atoms with E-state index >= 15 is 0 Å². The van der Waals surface area contributed by atoms with Crippen LogP contribution in [-0.2, 0) is 5.41 Å². The van der Waals surface area contributed by atoms with E-state index in [9.17, 15) is 0 Å². The van der Waals surface area contributed by atoms with E-state index in [0.29, 0.717) is 5.41 Å². The van der Waals surface area contributed by atoms with Crippen molar-refractivity contribution in [1.29, 1.82) is 0 Å². The van der Waals surface area contributed by atoms with E-state index in [2.05, 4.69) is 36.2 Å². The fraction of sp³-hybridized carbons (Fsp3) is 0.625. The molecule has 2 bridgehead atoms. The first-order chi connectivity index (χ1) is 8.73. The second-order valence-corrected chi connectivity index (χ2v) is 5.99. The van der Waals surface area contributed by atoms with Crippen LogP contribution in [0.4, 0.5) is 0 Å². The number of likely N-dealkylation sites (tertiary alicyclic amines) is 1. The minimum atomic E-state index is 0.421. The molecule has 1 saturated heterocycles. The van der Waals surface area contributed by atoms with Gasteiger partial charge in [-0.3, -0.25) is 0 Å². The Morgan fingerprint density at radius 3 is 3.06 bits per heavy atom. The van der Waals surface area contributed by atoms with Crippen molar-refractivity contribution < 1.29 is 4.74 Å². The van der Waals surface area contributed by atoms with E-state index in [1.54, 1.807) is 7.11 Å². The number of ether oxygens (including phenoxy) is 1. The van der Waals surface area contributed by atoms with Gasteiger partial charge in [-0.25, -0.2) is 0 Å². The Bertz CT molecular complexity index is 431. The van der Waals surface area contributed by atoms with Gasteiger partial charge >= 0.3 is 0 Å². The predicted molar refractivity (Wildman–Crippen MR) is 74.2 cm³/mol. The molecule has 0 amide bonds. The maximum Gasteiger partial charge on any atom is 0.119 e. The molecule has 1 aliphatic heterocycles. The molecule has 0 radical (unpaired) electrons. The van der Waals surface area contributed by atoms with E-state index in [4.69, 9.17) is 4.74 Å². The maximum atomic E-state index is 5.39. The first-order valence-electron chi connectivity index (χ1n) is 7.08. The van der Waals surface area contributed by atoms with Gasteiger partial charge in [-0.05, 0) is 68.8 Å². The average molecular weight is 245 g/mol. The molecule has 1 aromatic carbocycles. The van der Waals surface area contributed by atoms with Crippen molar-refractivity contribution in [3.05, 3.63) is 29.8 Å². The zero-order valence-electron chi connectivity index (χ0n) is 11.5. The van der Waals surface area contributed by atoms with Gasteiger partial charge in [0, 0.05) is 6.04 Å². The van der Waals surface area contributed by atoms with Gasteiger partial charge < -0.3 is 9.64 Å². The summed E-state index contributed by atoms with van der Waals surface area (Å²) in [5.41, 5.74) is 1.92. The molecule has 18 heavy (non-hydrogen) atoms. The lowest BCUT2D eigenvalue weighted by Crippen LogP contribution is -2.29. The number of hydrogen-bond acceptors (Lipinski definition) is 2. The molecule has 0 aromatic heterocycles. The van der Waals surface area contributed by atoms with Crippen LogP contribution in [0.25, 0.3) is 0 Å². The number of nitrogens with zero attached hydrogens (tertiary/aromatic N) is 1. The zero-order chi connectivity index (χ0) is 12.6. The van der Waals surface area contributed by atoms with Gasteiger partial charge in [0.15, 0.2) is 0 Å². The summed E-state index contributed by atoms with van der Waals surface area (Å²) >= 11 is 0. The van der Waals surface area contributed by atoms with Gasteiger partial charge in [-0.15, -0.1) is 0 Å². The fourth-order valence-corrected chi connectivity index (χ4v) is 3.91. The number of benzene rings is 1. The van der Waals surface area contributed by atoms with Gasteiger partial charge in [0.25, 0.3) is 0 Å². The Balaban J connectivity index is 1.94. The molecule has 1 saturated carbocycles. The van der Waals surface area contributed by atoms with Crippen molar-refractivity contribution >= 4 is 0 Å². The van der Waals surface area contributed by atoms with Crippen molar-refractivity contribution in [2.75, 3.05) is 20.7 Å². The normalized spacial score (nSPS) is 32.2. The highest BCUT2D eigenvalue weighted by atomic mass is 16.5. The number of fused-ring (bicyclic) bond motifs is 2. The summed E-state index contributed by atoms with van der Waals surface area (Å²) in [5.74, 6) is 1.00. The zero-order valence-corrected chi connectivity index (χ0v) is 11.5. The van der Waals surface area contributed by atoms with Crippen LogP contribution in [0, 0.1) is 0 Å². The largest absolute Gasteiger partial charge is 0.497 e. The third-order valence-electron chi connectivity index (χ3n) is 5.05. The topological polar surface area (TPSA) is 12.5 Å². The van der Waals surface area contributed by atoms with Crippen LogP contribution in [0.1, 0.15) is 37.7 Å². The minimum absolute atomic E-state index is 0.421. The summed E-state index contributed by atoms with van der Waals surface area (Å²) in [5, 5.41) is 0. The van der Waals surface area contributed by atoms with Crippen LogP contribution in [0.5, 0.6) is 5.75 Å². The van der Waals surface area contributed by atoms with Crippen molar-refractivity contribution in [3.63, 3.8) is 0 Å². The Hall–Kier alpha value is -1.02. The standard InChI is InChI=1S/C16H23NO/c1-17-10-4-8-16(9-7-14(17)12-16)13-5-3-6-15(11-13)18-2/h3,5-6,11,14H,4,7-10,12H2,1-2H3/t14-,16-/m0/s1. The second kappa shape index (κ2) is 4.58. The van der Waals surface area contributed by atoms with E-state index in [0.717, 1.165) is 11.8 Å². The van der Waals surface area contributed by atoms with Crippen molar-refractivity contribution in [3.8, 4) is 5.75 Å². The molecule has 2 fully saturated rings. The smallest absolute Gasteiger partial charge is 0.119 e. The summed E-state index contributed by atoms with van der Waals surface area (Å²) in [4.78, 5) is 2.56. The molecular formula is C16H23NO. The summed E-state index contributed by atoms with van der Waals surface area (Å²) in [6, 6.07) is 9.54. The van der Waals surface area contributed by atoms with Crippen molar-refractivity contribution in [2.45, 2.75) is 43.6 Å². The molecule has 2 aliphatic rings. The van der Waals surface area contributed by atoms with Crippen LogP contribution >= 0.6 is 0 Å². The predicted octanol–water partition coefficient (Wildman–Crippen LogP) is 3.21. The van der Waals surface area contributed by atoms with Crippen molar-refractivity contribution in [2.24, 2.45) is 0 Å². The number of hydrogen-bond donors (Lipinski definition) is 0. The third kappa shape index (κ3) is 1.93. The van der Waals surface area contributed by atoms with E-state index in [-0.39, 0.29) is 0 Å². The molecule has 2 atom stereocenters. The summed E-state index contributed by atoms with van der Waals surface area (Å²) in [6.07, 6.45) is 6.69. The average Bonchev–Trinajstić information content (AvgIpc) is 2.76. The number of methoxy groups -OCH3 is 1. The molecule has 0 N–H and O–H groups in total. The van der Waals surface area contributed by atoms with Crippen LogP contribution in [0.15, 0.2) is 24.3 Å². The highest BCUT2D eigenvalue weighted by molar-refractivity contribution is 5.35. The monoisotopic (exact) mass is 245 g/mol. The Morgan fingerprint density at radius 2 is 2.22 bits per heavy atom. The Labute approximate surface area is 110 Å². The summed E-state index contributed by atoms with van der Waals surface area (Å²) in [6.45, 7) is 1.26. The maximum absolute atomic E-state index is 5.39. The summed E-state index contributed by atoms with van der Waals surface area (Å²) < 4.78 is 5.39. The lowest BCUT2D eigenvalue weighted by atomic mass is 9.75. The first-order valence-corrected chi connectivity index (χ1v) is 7.08. The minimum Gasteiger partial charge on any atom is -0.497 e. The van der Waals surface area contributed by atoms with Gasteiger partial charge in [-0.2, -0.15) is 0 Å². The molecule has 2 heteroatoms. The molecular weight excluding hydrogens is 222 g/mol. The van der Waals surface area contributed by atoms with E-state index < -0.39 is 0 Å². The fourth-order valence-electron chi connectivity index (χ4n) is 3.91. The Morgan fingerprint density at radius 1 is 1.33 bits per heavy atom.